The fourth-order valence-corrected chi connectivity index (χ4v) is 4.51. The normalized spacial score (nSPS) is 10.3. The van der Waals surface area contributed by atoms with Crippen LogP contribution in [0.5, 0.6) is 0 Å². The summed E-state index contributed by atoms with van der Waals surface area (Å²) < 4.78 is 20.0. The lowest BCUT2D eigenvalue weighted by atomic mass is 9.77. The highest BCUT2D eigenvalue weighted by Gasteiger charge is 2.49. The van der Waals surface area contributed by atoms with Gasteiger partial charge in [0.15, 0.2) is 10.8 Å². The van der Waals surface area contributed by atoms with E-state index in [2.05, 4.69) is 35.5 Å². The van der Waals surface area contributed by atoms with E-state index in [0.29, 0.717) is 22.3 Å². The molecule has 0 aliphatic heterocycles. The van der Waals surface area contributed by atoms with Gasteiger partial charge < -0.3 is 18.9 Å². The number of methoxy groups -OCH3 is 4. The largest absolute Gasteiger partial charge is 0.468 e. The Morgan fingerprint density at radius 3 is 1.17 bits per heavy atom. The van der Waals surface area contributed by atoms with Crippen molar-refractivity contribution in [2.75, 3.05) is 28.4 Å². The van der Waals surface area contributed by atoms with Crippen molar-refractivity contribution in [2.45, 2.75) is 39.5 Å². The molecule has 8 nitrogen and oxygen atoms in total. The molecule has 8 heteroatoms. The van der Waals surface area contributed by atoms with Gasteiger partial charge in [-0.2, -0.15) is 0 Å². The number of rotatable bonds is 10. The summed E-state index contributed by atoms with van der Waals surface area (Å²) in [6.45, 7) is 3.22. The molecule has 0 amide bonds. The summed E-state index contributed by atoms with van der Waals surface area (Å²) in [6.07, 6.45) is -0.317. The highest BCUT2D eigenvalue weighted by atomic mass is 16.6. The third-order valence-corrected chi connectivity index (χ3v) is 6.79. The molecule has 42 heavy (non-hydrogen) atoms. The lowest BCUT2D eigenvalue weighted by Gasteiger charge is -2.27. The zero-order valence-electron chi connectivity index (χ0n) is 24.7. The molecule has 0 radical (unpaired) electrons. The highest BCUT2D eigenvalue weighted by molar-refractivity contribution is 6.01. The maximum atomic E-state index is 12.9. The summed E-state index contributed by atoms with van der Waals surface area (Å²) in [7, 11) is 4.82. The van der Waals surface area contributed by atoms with Gasteiger partial charge >= 0.3 is 23.9 Å². The smallest absolute Gasteiger partial charge is 0.324 e. The Morgan fingerprint density at radius 2 is 0.881 bits per heavy atom. The molecule has 0 unspecified atom stereocenters. The van der Waals surface area contributed by atoms with Gasteiger partial charge in [-0.05, 0) is 37.1 Å². The van der Waals surface area contributed by atoms with Crippen LogP contribution in [0, 0.1) is 46.4 Å². The third-order valence-electron chi connectivity index (χ3n) is 6.79. The van der Waals surface area contributed by atoms with E-state index >= 15 is 0 Å². The average molecular weight is 571 g/mol. The number of ether oxygens (including phenoxy) is 4. The van der Waals surface area contributed by atoms with Gasteiger partial charge in [0.1, 0.15) is 0 Å². The minimum atomic E-state index is -1.69. The highest BCUT2D eigenvalue weighted by Crippen LogP contribution is 2.33. The van der Waals surface area contributed by atoms with Crippen molar-refractivity contribution in [1.82, 2.24) is 0 Å². The van der Waals surface area contributed by atoms with Gasteiger partial charge in [0.2, 0.25) is 0 Å². The second kappa shape index (κ2) is 15.7. The van der Waals surface area contributed by atoms with E-state index in [1.165, 1.54) is 28.4 Å². The van der Waals surface area contributed by atoms with Crippen molar-refractivity contribution >= 4 is 23.9 Å². The van der Waals surface area contributed by atoms with Crippen molar-refractivity contribution in [3.05, 3.63) is 70.8 Å². The molecule has 0 spiro atoms. The summed E-state index contributed by atoms with van der Waals surface area (Å²) in [4.78, 5) is 51.7. The molecule has 218 valence electrons. The van der Waals surface area contributed by atoms with Crippen LogP contribution in [-0.4, -0.2) is 52.3 Å². The molecule has 0 saturated heterocycles. The maximum Gasteiger partial charge on any atom is 0.324 e. The van der Waals surface area contributed by atoms with E-state index in [-0.39, 0.29) is 25.7 Å². The minimum absolute atomic E-state index is 0.0585. The molecule has 2 aromatic carbocycles. The van der Waals surface area contributed by atoms with E-state index < -0.39 is 34.7 Å². The SMILES string of the molecule is CC#CCC(Cc1ccccc1C#Cc1ccccc1CC(CC#CC)(C(=O)OC)C(=O)OC)(C(=O)OC)C(=O)OC. The van der Waals surface area contributed by atoms with Crippen molar-refractivity contribution in [3.63, 3.8) is 0 Å². The van der Waals surface area contributed by atoms with Crippen molar-refractivity contribution in [1.29, 1.82) is 0 Å². The molecule has 0 atom stereocenters. The molecule has 0 fully saturated rings. The summed E-state index contributed by atoms with van der Waals surface area (Å²) in [5.41, 5.74) is -1.07. The van der Waals surface area contributed by atoms with Gasteiger partial charge in [-0.1, -0.05) is 48.2 Å². The van der Waals surface area contributed by atoms with Gasteiger partial charge in [-0.15, -0.1) is 23.7 Å². The topological polar surface area (TPSA) is 105 Å². The van der Waals surface area contributed by atoms with Crippen LogP contribution in [0.2, 0.25) is 0 Å². The van der Waals surface area contributed by atoms with Crippen LogP contribution in [0.3, 0.4) is 0 Å². The number of carbonyl (C=O) groups is 4. The molecule has 0 aromatic heterocycles. The monoisotopic (exact) mass is 570 g/mol. The third kappa shape index (κ3) is 7.39. The quantitative estimate of drug-likeness (QED) is 0.185. The Bertz CT molecular complexity index is 1360. The van der Waals surface area contributed by atoms with Crippen LogP contribution >= 0.6 is 0 Å². The lowest BCUT2D eigenvalue weighted by molar-refractivity contribution is -0.170. The Balaban J connectivity index is 2.65. The van der Waals surface area contributed by atoms with E-state index in [0.717, 1.165) is 0 Å². The number of hydrogen-bond acceptors (Lipinski definition) is 8. The van der Waals surface area contributed by atoms with Gasteiger partial charge in [-0.3, -0.25) is 19.2 Å². The van der Waals surface area contributed by atoms with Gasteiger partial charge in [0.05, 0.1) is 28.4 Å². The zero-order valence-corrected chi connectivity index (χ0v) is 24.7. The van der Waals surface area contributed by atoms with Gasteiger partial charge in [0.25, 0.3) is 0 Å². The molecule has 2 rings (SSSR count). The van der Waals surface area contributed by atoms with Crippen LogP contribution in [0.25, 0.3) is 0 Å². The van der Waals surface area contributed by atoms with Gasteiger partial charge in [0, 0.05) is 36.8 Å². The standard InChI is InChI=1S/C34H34O8/c1-7-9-21-33(29(35)39-3,30(36)40-4)23-27-17-13-11-15-25(27)19-20-26-16-12-14-18-28(26)24-34(22-10-8-2,31(37)41-5)32(38)42-6/h11-18H,21-24H2,1-6H3. The molecule has 0 saturated carbocycles. The molecule has 0 aliphatic carbocycles. The van der Waals surface area contributed by atoms with Crippen molar-refractivity contribution in [3.8, 4) is 35.5 Å². The van der Waals surface area contributed by atoms with Crippen LogP contribution in [0.15, 0.2) is 48.5 Å². The Kier molecular flexibility index (Phi) is 12.4. The van der Waals surface area contributed by atoms with Crippen molar-refractivity contribution < 1.29 is 38.1 Å². The average Bonchev–Trinajstić information content (AvgIpc) is 3.03. The molecule has 0 aliphatic rings. The zero-order chi connectivity index (χ0) is 31.2. The molecule has 2 aromatic rings. The summed E-state index contributed by atoms with van der Waals surface area (Å²) in [6, 6.07) is 14.2. The Labute approximate surface area is 247 Å². The van der Waals surface area contributed by atoms with E-state index in [1.807, 2.05) is 0 Å². The van der Waals surface area contributed by atoms with Crippen LogP contribution in [-0.2, 0) is 51.0 Å². The summed E-state index contributed by atoms with van der Waals surface area (Å²) in [5, 5.41) is 0. The van der Waals surface area contributed by atoms with Crippen LogP contribution < -0.4 is 0 Å². The minimum Gasteiger partial charge on any atom is -0.468 e. The molecule has 0 heterocycles. The first-order valence-electron chi connectivity index (χ1n) is 13.0. The summed E-state index contributed by atoms with van der Waals surface area (Å²) >= 11 is 0. The summed E-state index contributed by atoms with van der Waals surface area (Å²) in [5.74, 6) is 14.3. The number of esters is 4. The van der Waals surface area contributed by atoms with E-state index in [9.17, 15) is 19.2 Å². The predicted molar refractivity (Wildman–Crippen MR) is 155 cm³/mol. The molecule has 0 bridgehead atoms. The maximum absolute atomic E-state index is 12.9. The lowest BCUT2D eigenvalue weighted by Crippen LogP contribution is -2.43. The van der Waals surface area contributed by atoms with Crippen molar-refractivity contribution in [2.24, 2.45) is 10.8 Å². The van der Waals surface area contributed by atoms with Crippen LogP contribution in [0.1, 0.15) is 48.9 Å². The second-order valence-electron chi connectivity index (χ2n) is 9.26. The Hall–Kier alpha value is -5.00. The van der Waals surface area contributed by atoms with Gasteiger partial charge in [-0.25, -0.2) is 0 Å². The first-order valence-corrected chi connectivity index (χ1v) is 13.0. The first kappa shape index (κ1) is 33.2. The Morgan fingerprint density at radius 1 is 0.571 bits per heavy atom. The van der Waals surface area contributed by atoms with E-state index in [1.54, 1.807) is 62.4 Å². The number of hydrogen-bond donors (Lipinski definition) is 0. The van der Waals surface area contributed by atoms with Crippen LogP contribution in [0.4, 0.5) is 0 Å². The first-order chi connectivity index (χ1) is 20.2. The fourth-order valence-electron chi connectivity index (χ4n) is 4.51. The molecule has 0 N–H and O–H groups in total. The number of benzene rings is 2. The molecular formula is C34H34O8. The second-order valence-corrected chi connectivity index (χ2v) is 9.26. The van der Waals surface area contributed by atoms with E-state index in [4.69, 9.17) is 18.9 Å². The number of carbonyl (C=O) groups excluding carboxylic acids is 4. The fraction of sp³-hybridized carbons (Fsp3) is 0.353. The predicted octanol–water partition coefficient (Wildman–Crippen LogP) is 3.66. The molecular weight excluding hydrogens is 536 g/mol.